The van der Waals surface area contributed by atoms with E-state index in [1.165, 1.54) is 6.07 Å². The van der Waals surface area contributed by atoms with E-state index in [4.69, 9.17) is 16.7 Å². The molecule has 3 N–H and O–H groups in total. The van der Waals surface area contributed by atoms with Crippen molar-refractivity contribution in [2.45, 2.75) is 17.1 Å². The van der Waals surface area contributed by atoms with Crippen LogP contribution in [0.2, 0.25) is 5.02 Å². The van der Waals surface area contributed by atoms with Gasteiger partial charge in [-0.3, -0.25) is 0 Å². The van der Waals surface area contributed by atoms with Gasteiger partial charge in [0.1, 0.15) is 0 Å². The van der Waals surface area contributed by atoms with Gasteiger partial charge in [0, 0.05) is 17.6 Å². The molecule has 21 heavy (non-hydrogen) atoms. The van der Waals surface area contributed by atoms with Crippen molar-refractivity contribution in [2.75, 3.05) is 13.1 Å². The van der Waals surface area contributed by atoms with Crippen molar-refractivity contribution in [1.82, 2.24) is 4.31 Å². The van der Waals surface area contributed by atoms with Gasteiger partial charge in [0.05, 0.1) is 27.7 Å². The first-order chi connectivity index (χ1) is 9.64. The molecule has 7 nitrogen and oxygen atoms in total. The zero-order valence-corrected chi connectivity index (χ0v) is 13.6. The summed E-state index contributed by atoms with van der Waals surface area (Å²) in [5.41, 5.74) is -0.357. The Balaban J connectivity index is 2.49. The number of sulfonamides is 1. The van der Waals surface area contributed by atoms with Crippen LogP contribution in [0.15, 0.2) is 21.5 Å². The third-order valence-electron chi connectivity index (χ3n) is 3.10. The lowest BCUT2D eigenvalue weighted by atomic mass is 10.2. The normalized spacial score (nSPS) is 23.4. The number of benzene rings is 1. The van der Waals surface area contributed by atoms with Crippen molar-refractivity contribution in [1.29, 1.82) is 0 Å². The van der Waals surface area contributed by atoms with E-state index in [2.05, 4.69) is 15.9 Å². The molecule has 1 aromatic rings. The van der Waals surface area contributed by atoms with Gasteiger partial charge in [-0.2, -0.15) is 4.31 Å². The molecule has 0 saturated carbocycles. The number of rotatable bonds is 3. The molecular weight excluding hydrogens is 390 g/mol. The standard InChI is InChI=1S/C11H11BrClNO6S/c12-7-2-5(1-6(10(7)13)11(17)18)21(19,20)14-3-8(15)9(16)4-14/h1-2,8-9,15-16H,3-4H2,(H,17,18). The molecule has 1 fully saturated rings. The lowest BCUT2D eigenvalue weighted by Gasteiger charge is -2.16. The average Bonchev–Trinajstić information content (AvgIpc) is 2.73. The van der Waals surface area contributed by atoms with Gasteiger partial charge < -0.3 is 15.3 Å². The summed E-state index contributed by atoms with van der Waals surface area (Å²) in [5, 5.41) is 27.8. The highest BCUT2D eigenvalue weighted by Crippen LogP contribution is 2.32. The summed E-state index contributed by atoms with van der Waals surface area (Å²) in [5.74, 6) is -1.36. The third-order valence-corrected chi connectivity index (χ3v) is 6.17. The van der Waals surface area contributed by atoms with E-state index in [9.17, 15) is 23.4 Å². The first-order valence-electron chi connectivity index (χ1n) is 5.73. The Morgan fingerprint density at radius 2 is 1.81 bits per heavy atom. The van der Waals surface area contributed by atoms with E-state index in [1.54, 1.807) is 0 Å². The molecule has 0 aliphatic carbocycles. The summed E-state index contributed by atoms with van der Waals surface area (Å²) in [7, 11) is -4.04. The Morgan fingerprint density at radius 1 is 1.29 bits per heavy atom. The van der Waals surface area contributed by atoms with Crippen LogP contribution in [0.1, 0.15) is 10.4 Å². The Hall–Kier alpha value is -0.710. The topological polar surface area (TPSA) is 115 Å². The van der Waals surface area contributed by atoms with E-state index in [0.717, 1.165) is 10.4 Å². The van der Waals surface area contributed by atoms with Crippen molar-refractivity contribution >= 4 is 43.5 Å². The van der Waals surface area contributed by atoms with Crippen LogP contribution in [0.3, 0.4) is 0 Å². The largest absolute Gasteiger partial charge is 0.478 e. The Kier molecular flexibility index (Phi) is 4.62. The number of carboxylic acids is 1. The molecule has 0 bridgehead atoms. The van der Waals surface area contributed by atoms with Crippen LogP contribution in [0, 0.1) is 0 Å². The predicted octanol–water partition coefficient (Wildman–Crippen LogP) is 0.527. The van der Waals surface area contributed by atoms with E-state index < -0.39 is 28.2 Å². The third kappa shape index (κ3) is 3.08. The van der Waals surface area contributed by atoms with E-state index in [-0.39, 0.29) is 33.0 Å². The van der Waals surface area contributed by atoms with Crippen LogP contribution < -0.4 is 0 Å². The number of aliphatic hydroxyl groups is 2. The molecule has 0 spiro atoms. The van der Waals surface area contributed by atoms with Gasteiger partial charge in [-0.25, -0.2) is 13.2 Å². The predicted molar refractivity (Wildman–Crippen MR) is 76.9 cm³/mol. The highest BCUT2D eigenvalue weighted by molar-refractivity contribution is 9.10. The zero-order chi connectivity index (χ0) is 15.9. The van der Waals surface area contributed by atoms with E-state index in [0.29, 0.717) is 0 Å². The monoisotopic (exact) mass is 399 g/mol. The van der Waals surface area contributed by atoms with Crippen LogP contribution in [0.4, 0.5) is 0 Å². The molecule has 2 unspecified atom stereocenters. The van der Waals surface area contributed by atoms with Crippen molar-refractivity contribution in [3.63, 3.8) is 0 Å². The minimum Gasteiger partial charge on any atom is -0.478 e. The number of β-amino-alcohol motifs (C(OH)–C–C–N with tert-alkyl or cyclic N) is 2. The number of nitrogens with zero attached hydrogens (tertiary/aromatic N) is 1. The Bertz CT molecular complexity index is 684. The SMILES string of the molecule is O=C(O)c1cc(S(=O)(=O)N2CC(O)C(O)C2)cc(Br)c1Cl. The molecule has 2 atom stereocenters. The molecule has 1 heterocycles. The summed E-state index contributed by atoms with van der Waals surface area (Å²) in [6.45, 7) is -0.516. The maximum Gasteiger partial charge on any atom is 0.337 e. The zero-order valence-electron chi connectivity index (χ0n) is 10.4. The minimum atomic E-state index is -4.04. The Labute approximate surface area is 133 Å². The first-order valence-corrected chi connectivity index (χ1v) is 8.34. The lowest BCUT2D eigenvalue weighted by molar-refractivity contribution is 0.0572. The van der Waals surface area contributed by atoms with Crippen LogP contribution >= 0.6 is 27.5 Å². The van der Waals surface area contributed by atoms with E-state index >= 15 is 0 Å². The summed E-state index contributed by atoms with van der Waals surface area (Å²) in [6.07, 6.45) is -2.34. The molecule has 2 rings (SSSR count). The van der Waals surface area contributed by atoms with Crippen molar-refractivity contribution in [2.24, 2.45) is 0 Å². The second kappa shape index (κ2) is 5.82. The average molecular weight is 401 g/mol. The molecule has 1 aliphatic heterocycles. The van der Waals surface area contributed by atoms with Gasteiger partial charge >= 0.3 is 5.97 Å². The number of hydrogen-bond acceptors (Lipinski definition) is 5. The number of hydrogen-bond donors (Lipinski definition) is 3. The second-order valence-electron chi connectivity index (χ2n) is 4.53. The van der Waals surface area contributed by atoms with Gasteiger partial charge in [0.15, 0.2) is 0 Å². The number of halogens is 2. The molecule has 0 aromatic heterocycles. The lowest BCUT2D eigenvalue weighted by Crippen LogP contribution is -2.30. The van der Waals surface area contributed by atoms with Crippen molar-refractivity contribution in [3.8, 4) is 0 Å². The summed E-state index contributed by atoms with van der Waals surface area (Å²) in [6, 6.07) is 2.13. The van der Waals surface area contributed by atoms with Crippen molar-refractivity contribution < 1.29 is 28.5 Å². The second-order valence-corrected chi connectivity index (χ2v) is 7.70. The molecule has 1 aliphatic rings. The van der Waals surface area contributed by atoms with Gasteiger partial charge in [-0.1, -0.05) is 11.6 Å². The summed E-state index contributed by atoms with van der Waals surface area (Å²) in [4.78, 5) is 10.8. The fourth-order valence-electron chi connectivity index (χ4n) is 1.95. The smallest absolute Gasteiger partial charge is 0.337 e. The molecule has 10 heteroatoms. The first kappa shape index (κ1) is 16.7. The van der Waals surface area contributed by atoms with Crippen molar-refractivity contribution in [3.05, 3.63) is 27.2 Å². The summed E-state index contributed by atoms with van der Waals surface area (Å²) >= 11 is 8.81. The molecular formula is C11H11BrClNO6S. The number of carbonyl (C=O) groups is 1. The van der Waals surface area contributed by atoms with Crippen LogP contribution in [0.25, 0.3) is 0 Å². The van der Waals surface area contributed by atoms with Gasteiger partial charge in [-0.15, -0.1) is 0 Å². The molecule has 1 aromatic carbocycles. The number of aliphatic hydroxyl groups excluding tert-OH is 2. The highest BCUT2D eigenvalue weighted by atomic mass is 79.9. The fraction of sp³-hybridized carbons (Fsp3) is 0.364. The molecule has 0 radical (unpaired) electrons. The highest BCUT2D eigenvalue weighted by Gasteiger charge is 2.38. The Morgan fingerprint density at radius 3 is 2.29 bits per heavy atom. The maximum atomic E-state index is 12.4. The summed E-state index contributed by atoms with van der Waals surface area (Å²) < 4.78 is 25.8. The van der Waals surface area contributed by atoms with Gasteiger partial charge in [-0.05, 0) is 28.1 Å². The van der Waals surface area contributed by atoms with Crippen LogP contribution in [-0.2, 0) is 10.0 Å². The number of aromatic carboxylic acids is 1. The van der Waals surface area contributed by atoms with Gasteiger partial charge in [0.25, 0.3) is 0 Å². The molecule has 116 valence electrons. The van der Waals surface area contributed by atoms with Gasteiger partial charge in [0.2, 0.25) is 10.0 Å². The molecule has 0 amide bonds. The fourth-order valence-corrected chi connectivity index (χ4v) is 4.28. The van der Waals surface area contributed by atoms with Crippen LogP contribution in [0.5, 0.6) is 0 Å². The molecule has 1 saturated heterocycles. The van der Waals surface area contributed by atoms with Crippen LogP contribution in [-0.4, -0.2) is 59.3 Å². The quantitative estimate of drug-likeness (QED) is 0.682. The maximum absolute atomic E-state index is 12.4. The van der Waals surface area contributed by atoms with E-state index in [1.807, 2.05) is 0 Å². The minimum absolute atomic E-state index is 0.108. The number of carboxylic acid groups (broad SMARTS) is 1.